The molecule has 3 N–H and O–H groups in total. The van der Waals surface area contributed by atoms with Gasteiger partial charge in [0, 0.05) is 19.3 Å². The Morgan fingerprint density at radius 1 is 1.18 bits per heavy atom. The van der Waals surface area contributed by atoms with E-state index < -0.39 is 11.9 Å². The highest BCUT2D eigenvalue weighted by molar-refractivity contribution is 5.89. The quantitative estimate of drug-likeness (QED) is 0.735. The van der Waals surface area contributed by atoms with Crippen LogP contribution in [0.5, 0.6) is 0 Å². The molecule has 1 heterocycles. The molecule has 2 atom stereocenters. The van der Waals surface area contributed by atoms with Crippen LogP contribution >= 0.6 is 0 Å². The molecule has 1 fully saturated rings. The summed E-state index contributed by atoms with van der Waals surface area (Å²) < 4.78 is 5.50. The van der Waals surface area contributed by atoms with Crippen LogP contribution < -0.4 is 5.32 Å². The summed E-state index contributed by atoms with van der Waals surface area (Å²) in [5.41, 5.74) is 1.33. The Labute approximate surface area is 129 Å². The second-order valence-electron chi connectivity index (χ2n) is 4.77. The first-order valence-electron chi connectivity index (χ1n) is 6.99. The van der Waals surface area contributed by atoms with Gasteiger partial charge in [-0.2, -0.15) is 0 Å². The Kier molecular flexibility index (Phi) is 7.88. The van der Waals surface area contributed by atoms with Gasteiger partial charge in [-0.25, -0.2) is 9.59 Å². The van der Waals surface area contributed by atoms with Crippen molar-refractivity contribution in [2.75, 3.05) is 13.7 Å². The van der Waals surface area contributed by atoms with Gasteiger partial charge in [-0.15, -0.1) is 0 Å². The molecule has 6 heteroatoms. The van der Waals surface area contributed by atoms with Crippen LogP contribution in [-0.2, 0) is 14.3 Å². The van der Waals surface area contributed by atoms with Gasteiger partial charge in [0.05, 0.1) is 12.1 Å². The summed E-state index contributed by atoms with van der Waals surface area (Å²) in [7, 11) is 1.80. The number of carbonyl (C=O) groups is 2. The Hall–Kier alpha value is -2.18. The molecule has 1 aromatic rings. The van der Waals surface area contributed by atoms with Crippen molar-refractivity contribution in [3.05, 3.63) is 48.0 Å². The molecule has 22 heavy (non-hydrogen) atoms. The maximum Gasteiger partial charge on any atom is 0.328 e. The molecule has 2 rings (SSSR count). The van der Waals surface area contributed by atoms with Crippen molar-refractivity contribution in [3.63, 3.8) is 0 Å². The molecule has 0 spiro atoms. The number of rotatable bonds is 4. The molecule has 6 nitrogen and oxygen atoms in total. The number of methoxy groups -OCH3 is 1. The third kappa shape index (κ3) is 6.51. The molecule has 0 aromatic heterocycles. The molecular formula is C16H21NO5. The van der Waals surface area contributed by atoms with Crippen LogP contribution in [0.25, 0.3) is 0 Å². The van der Waals surface area contributed by atoms with Gasteiger partial charge in [0.1, 0.15) is 0 Å². The van der Waals surface area contributed by atoms with E-state index in [1.165, 1.54) is 12.0 Å². The fraction of sp³-hybridized carbons (Fsp3) is 0.375. The first-order chi connectivity index (χ1) is 10.5. The smallest absolute Gasteiger partial charge is 0.328 e. The number of piperidine rings is 1. The van der Waals surface area contributed by atoms with Crippen molar-refractivity contribution < 1.29 is 24.5 Å². The van der Waals surface area contributed by atoms with Gasteiger partial charge in [0.2, 0.25) is 0 Å². The average Bonchev–Trinajstić information content (AvgIpc) is 2.54. The SMILES string of the molecule is COC1CCCNC1c1ccccc1.O=C(O)/C=C\C(=O)O. The van der Waals surface area contributed by atoms with Crippen molar-refractivity contribution in [1.82, 2.24) is 5.32 Å². The maximum atomic E-state index is 9.55. The zero-order valence-electron chi connectivity index (χ0n) is 12.4. The summed E-state index contributed by atoms with van der Waals surface area (Å²) in [6.07, 6.45) is 3.81. The highest BCUT2D eigenvalue weighted by atomic mass is 16.5. The topological polar surface area (TPSA) is 95.9 Å². The number of ether oxygens (including phenoxy) is 1. The number of nitrogens with one attached hydrogen (secondary N) is 1. The van der Waals surface area contributed by atoms with Gasteiger partial charge in [-0.3, -0.25) is 0 Å². The molecule has 2 unspecified atom stereocenters. The highest BCUT2D eigenvalue weighted by Crippen LogP contribution is 2.25. The molecular weight excluding hydrogens is 286 g/mol. The van der Waals surface area contributed by atoms with Gasteiger partial charge >= 0.3 is 11.9 Å². The summed E-state index contributed by atoms with van der Waals surface area (Å²) >= 11 is 0. The Balaban J connectivity index is 0.000000261. The largest absolute Gasteiger partial charge is 0.478 e. The summed E-state index contributed by atoms with van der Waals surface area (Å²) in [5.74, 6) is -2.51. The fourth-order valence-corrected chi connectivity index (χ4v) is 2.25. The maximum absolute atomic E-state index is 9.55. The second kappa shape index (κ2) is 9.70. The van der Waals surface area contributed by atoms with Crippen molar-refractivity contribution in [3.8, 4) is 0 Å². The van der Waals surface area contributed by atoms with Crippen molar-refractivity contribution in [2.45, 2.75) is 25.0 Å². The van der Waals surface area contributed by atoms with Crippen molar-refractivity contribution in [1.29, 1.82) is 0 Å². The molecule has 0 radical (unpaired) electrons. The van der Waals surface area contributed by atoms with E-state index in [9.17, 15) is 9.59 Å². The van der Waals surface area contributed by atoms with E-state index in [4.69, 9.17) is 14.9 Å². The first kappa shape index (κ1) is 17.9. The molecule has 120 valence electrons. The molecule has 1 saturated heterocycles. The molecule has 0 bridgehead atoms. The van der Waals surface area contributed by atoms with Crippen LogP contribution in [-0.4, -0.2) is 41.9 Å². The van der Waals surface area contributed by atoms with E-state index in [1.807, 2.05) is 6.07 Å². The van der Waals surface area contributed by atoms with E-state index in [2.05, 4.69) is 29.6 Å². The number of aliphatic carboxylic acids is 2. The lowest BCUT2D eigenvalue weighted by Gasteiger charge is -2.31. The molecule has 1 aromatic carbocycles. The van der Waals surface area contributed by atoms with Gasteiger partial charge in [0.25, 0.3) is 0 Å². The van der Waals surface area contributed by atoms with E-state index in [-0.39, 0.29) is 0 Å². The molecule has 1 aliphatic rings. The predicted octanol–water partition coefficient (Wildman–Crippen LogP) is 1.84. The third-order valence-electron chi connectivity index (χ3n) is 3.23. The van der Waals surface area contributed by atoms with E-state index in [1.54, 1.807) is 7.11 Å². The standard InChI is InChI=1S/C12H17NO.C4H4O4/c1-14-11-8-5-9-13-12(11)10-6-3-2-4-7-10;5-3(6)1-2-4(7)8/h2-4,6-7,11-13H,5,8-9H2,1H3;1-2H,(H,5,6)(H,7,8)/b;2-1-. The zero-order chi connectivity index (χ0) is 16.4. The predicted molar refractivity (Wildman–Crippen MR) is 81.6 cm³/mol. The lowest BCUT2D eigenvalue weighted by atomic mass is 9.94. The summed E-state index contributed by atoms with van der Waals surface area (Å²) in [4.78, 5) is 19.1. The fourth-order valence-electron chi connectivity index (χ4n) is 2.25. The highest BCUT2D eigenvalue weighted by Gasteiger charge is 2.25. The second-order valence-corrected chi connectivity index (χ2v) is 4.77. The van der Waals surface area contributed by atoms with Gasteiger partial charge < -0.3 is 20.3 Å². The van der Waals surface area contributed by atoms with Gasteiger partial charge in [-0.1, -0.05) is 30.3 Å². The molecule has 0 saturated carbocycles. The van der Waals surface area contributed by atoms with Gasteiger partial charge in [-0.05, 0) is 24.9 Å². The Morgan fingerprint density at radius 3 is 2.27 bits per heavy atom. The third-order valence-corrected chi connectivity index (χ3v) is 3.23. The average molecular weight is 307 g/mol. The van der Waals surface area contributed by atoms with Crippen LogP contribution in [0.15, 0.2) is 42.5 Å². The minimum absolute atomic E-state index is 0.325. The molecule has 1 aliphatic heterocycles. The molecule has 0 aliphatic carbocycles. The monoisotopic (exact) mass is 307 g/mol. The normalized spacial score (nSPS) is 21.0. The van der Waals surface area contributed by atoms with Crippen LogP contribution in [0, 0.1) is 0 Å². The van der Waals surface area contributed by atoms with E-state index >= 15 is 0 Å². The van der Waals surface area contributed by atoms with Crippen LogP contribution in [0.4, 0.5) is 0 Å². The molecule has 0 amide bonds. The number of carboxylic acid groups (broad SMARTS) is 2. The Morgan fingerprint density at radius 2 is 1.77 bits per heavy atom. The summed E-state index contributed by atoms with van der Waals surface area (Å²) in [6, 6.07) is 10.9. The van der Waals surface area contributed by atoms with Crippen LogP contribution in [0.1, 0.15) is 24.4 Å². The van der Waals surface area contributed by atoms with Crippen LogP contribution in [0.3, 0.4) is 0 Å². The summed E-state index contributed by atoms with van der Waals surface area (Å²) in [6.45, 7) is 1.10. The number of benzene rings is 1. The number of hydrogen-bond donors (Lipinski definition) is 3. The summed E-state index contributed by atoms with van der Waals surface area (Å²) in [5, 5.41) is 19.1. The van der Waals surface area contributed by atoms with E-state index in [0.29, 0.717) is 24.3 Å². The number of hydrogen-bond acceptors (Lipinski definition) is 4. The minimum Gasteiger partial charge on any atom is -0.478 e. The van der Waals surface area contributed by atoms with Gasteiger partial charge in [0.15, 0.2) is 0 Å². The first-order valence-corrected chi connectivity index (χ1v) is 6.99. The van der Waals surface area contributed by atoms with Crippen LogP contribution in [0.2, 0.25) is 0 Å². The minimum atomic E-state index is -1.26. The lowest BCUT2D eigenvalue weighted by molar-refractivity contribution is -0.134. The Bertz CT molecular complexity index is 485. The lowest BCUT2D eigenvalue weighted by Crippen LogP contribution is -2.38. The number of carboxylic acids is 2. The van der Waals surface area contributed by atoms with Crippen molar-refractivity contribution >= 4 is 11.9 Å². The zero-order valence-corrected chi connectivity index (χ0v) is 12.4. The van der Waals surface area contributed by atoms with Crippen molar-refractivity contribution in [2.24, 2.45) is 0 Å². The van der Waals surface area contributed by atoms with E-state index in [0.717, 1.165) is 13.0 Å².